The Morgan fingerprint density at radius 3 is 2.16 bits per heavy atom. The molecule has 0 spiro atoms. The SMILES string of the molecule is C=C(NC)NC1(CS(=O)(=O)C(C)(C)C)CCCCC1. The number of hydrogen-bond donors (Lipinski definition) is 2. The van der Waals surface area contributed by atoms with Crippen LogP contribution < -0.4 is 10.6 Å². The Balaban J connectivity index is 2.95. The first-order chi connectivity index (χ1) is 8.62. The third-order valence-corrected chi connectivity index (χ3v) is 6.73. The van der Waals surface area contributed by atoms with Crippen LogP contribution in [-0.2, 0) is 9.84 Å². The number of sulfone groups is 1. The quantitative estimate of drug-likeness (QED) is 0.814. The molecule has 0 amide bonds. The van der Waals surface area contributed by atoms with Crippen LogP contribution in [-0.4, -0.2) is 31.5 Å². The van der Waals surface area contributed by atoms with Gasteiger partial charge in [-0.15, -0.1) is 0 Å². The highest BCUT2D eigenvalue weighted by molar-refractivity contribution is 7.92. The molecule has 112 valence electrons. The average molecular weight is 288 g/mol. The molecule has 0 aromatic carbocycles. The molecule has 0 heterocycles. The van der Waals surface area contributed by atoms with Gasteiger partial charge >= 0.3 is 0 Å². The molecule has 0 radical (unpaired) electrons. The van der Waals surface area contributed by atoms with E-state index in [1.807, 2.05) is 0 Å². The average Bonchev–Trinajstić information content (AvgIpc) is 2.27. The predicted octanol–water partition coefficient (Wildman–Crippen LogP) is 2.18. The maximum Gasteiger partial charge on any atom is 0.157 e. The standard InChI is InChI=1S/C14H28N2O2S/c1-12(15-5)16-14(9-7-6-8-10-14)11-19(17,18)13(2,3)4/h15-16H,1,6-11H2,2-5H3. The molecule has 0 aliphatic heterocycles. The maximum absolute atomic E-state index is 12.5. The Hall–Kier alpha value is -0.710. The second kappa shape index (κ2) is 5.73. The zero-order valence-electron chi connectivity index (χ0n) is 12.7. The third kappa shape index (κ3) is 4.13. The van der Waals surface area contributed by atoms with Crippen LogP contribution in [0.25, 0.3) is 0 Å². The van der Waals surface area contributed by atoms with E-state index in [-0.39, 0.29) is 11.3 Å². The highest BCUT2D eigenvalue weighted by Gasteiger charge is 2.41. The van der Waals surface area contributed by atoms with E-state index >= 15 is 0 Å². The molecule has 0 aromatic rings. The molecule has 0 aromatic heterocycles. The van der Waals surface area contributed by atoms with E-state index in [4.69, 9.17) is 0 Å². The molecule has 0 unspecified atom stereocenters. The van der Waals surface area contributed by atoms with Gasteiger partial charge < -0.3 is 10.6 Å². The van der Waals surface area contributed by atoms with Crippen LogP contribution in [0.2, 0.25) is 0 Å². The molecule has 0 atom stereocenters. The van der Waals surface area contributed by atoms with Crippen molar-refractivity contribution in [2.24, 2.45) is 0 Å². The monoisotopic (exact) mass is 288 g/mol. The highest BCUT2D eigenvalue weighted by Crippen LogP contribution is 2.32. The van der Waals surface area contributed by atoms with Gasteiger partial charge in [0.15, 0.2) is 9.84 Å². The fraction of sp³-hybridized carbons (Fsp3) is 0.857. The van der Waals surface area contributed by atoms with Crippen LogP contribution in [0.3, 0.4) is 0 Å². The summed E-state index contributed by atoms with van der Waals surface area (Å²) in [5.41, 5.74) is -0.357. The lowest BCUT2D eigenvalue weighted by Crippen LogP contribution is -2.54. The van der Waals surface area contributed by atoms with Crippen molar-refractivity contribution in [1.82, 2.24) is 10.6 Å². The number of nitrogens with one attached hydrogen (secondary N) is 2. The van der Waals surface area contributed by atoms with Gasteiger partial charge in [-0.05, 0) is 33.6 Å². The van der Waals surface area contributed by atoms with Gasteiger partial charge in [-0.3, -0.25) is 0 Å². The van der Waals surface area contributed by atoms with E-state index in [1.54, 1.807) is 27.8 Å². The smallest absolute Gasteiger partial charge is 0.157 e. The van der Waals surface area contributed by atoms with Gasteiger partial charge in [0.05, 0.1) is 21.9 Å². The topological polar surface area (TPSA) is 58.2 Å². The summed E-state index contributed by atoms with van der Waals surface area (Å²) in [5.74, 6) is 0.885. The Labute approximate surface area is 118 Å². The third-order valence-electron chi connectivity index (χ3n) is 3.93. The Morgan fingerprint density at radius 1 is 1.21 bits per heavy atom. The largest absolute Gasteiger partial charge is 0.375 e. The molecule has 1 rings (SSSR count). The van der Waals surface area contributed by atoms with Gasteiger partial charge in [0.2, 0.25) is 0 Å². The zero-order chi connectivity index (χ0) is 14.7. The Morgan fingerprint density at radius 2 is 1.74 bits per heavy atom. The lowest BCUT2D eigenvalue weighted by atomic mass is 9.83. The molecule has 4 nitrogen and oxygen atoms in total. The van der Waals surface area contributed by atoms with Crippen LogP contribution in [0.5, 0.6) is 0 Å². The summed E-state index contributed by atoms with van der Waals surface area (Å²) in [7, 11) is -1.35. The molecule has 5 heteroatoms. The van der Waals surface area contributed by atoms with Gasteiger partial charge in [0, 0.05) is 7.05 Å². The molecule has 1 saturated carbocycles. The van der Waals surface area contributed by atoms with Gasteiger partial charge in [-0.25, -0.2) is 8.42 Å². The summed E-state index contributed by atoms with van der Waals surface area (Å²) in [6.45, 7) is 9.20. The van der Waals surface area contributed by atoms with Gasteiger partial charge in [0.25, 0.3) is 0 Å². The van der Waals surface area contributed by atoms with Crippen molar-refractivity contribution < 1.29 is 8.42 Å². The Kier molecular flexibility index (Phi) is 4.93. The van der Waals surface area contributed by atoms with Crippen LogP contribution in [0.1, 0.15) is 52.9 Å². The van der Waals surface area contributed by atoms with E-state index in [2.05, 4.69) is 17.2 Å². The minimum atomic E-state index is -3.14. The summed E-state index contributed by atoms with van der Waals surface area (Å²) in [6.07, 6.45) is 5.12. The van der Waals surface area contributed by atoms with E-state index in [0.29, 0.717) is 5.82 Å². The van der Waals surface area contributed by atoms with Crippen LogP contribution in [0, 0.1) is 0 Å². The molecule has 0 bridgehead atoms. The van der Waals surface area contributed by atoms with Crippen LogP contribution >= 0.6 is 0 Å². The lowest BCUT2D eigenvalue weighted by molar-refractivity contribution is 0.271. The second-order valence-corrected chi connectivity index (χ2v) is 9.31. The molecular weight excluding hydrogens is 260 g/mol. The van der Waals surface area contributed by atoms with E-state index in [1.165, 1.54) is 6.42 Å². The molecule has 1 aliphatic rings. The maximum atomic E-state index is 12.5. The molecular formula is C14H28N2O2S. The zero-order valence-corrected chi connectivity index (χ0v) is 13.5. The van der Waals surface area contributed by atoms with Gasteiger partial charge in [-0.2, -0.15) is 0 Å². The molecule has 19 heavy (non-hydrogen) atoms. The minimum Gasteiger partial charge on any atom is -0.375 e. The van der Waals surface area contributed by atoms with Gasteiger partial charge in [0.1, 0.15) is 0 Å². The minimum absolute atomic E-state index is 0.185. The van der Waals surface area contributed by atoms with E-state index < -0.39 is 14.6 Å². The second-order valence-electron chi connectivity index (χ2n) is 6.57. The molecule has 1 fully saturated rings. The fourth-order valence-corrected chi connectivity index (χ4v) is 4.02. The predicted molar refractivity (Wildman–Crippen MR) is 80.7 cm³/mol. The van der Waals surface area contributed by atoms with Crippen molar-refractivity contribution in [2.75, 3.05) is 12.8 Å². The van der Waals surface area contributed by atoms with Crippen molar-refractivity contribution >= 4 is 9.84 Å². The summed E-state index contributed by atoms with van der Waals surface area (Å²) in [4.78, 5) is 0. The first-order valence-corrected chi connectivity index (χ1v) is 8.64. The lowest BCUT2D eigenvalue weighted by Gasteiger charge is -2.40. The fourth-order valence-electron chi connectivity index (χ4n) is 2.50. The summed E-state index contributed by atoms with van der Waals surface area (Å²) < 4.78 is 24.3. The van der Waals surface area contributed by atoms with Crippen molar-refractivity contribution in [3.05, 3.63) is 12.4 Å². The summed E-state index contributed by atoms with van der Waals surface area (Å²) in [5, 5.41) is 6.29. The normalized spacial score (nSPS) is 19.8. The molecule has 2 N–H and O–H groups in total. The van der Waals surface area contributed by atoms with E-state index in [0.717, 1.165) is 25.7 Å². The van der Waals surface area contributed by atoms with Crippen molar-refractivity contribution in [3.8, 4) is 0 Å². The van der Waals surface area contributed by atoms with E-state index in [9.17, 15) is 8.42 Å². The summed E-state index contributed by atoms with van der Waals surface area (Å²) >= 11 is 0. The van der Waals surface area contributed by atoms with Crippen molar-refractivity contribution in [1.29, 1.82) is 0 Å². The molecule has 1 aliphatic carbocycles. The number of rotatable bonds is 5. The van der Waals surface area contributed by atoms with Crippen LogP contribution in [0.15, 0.2) is 12.4 Å². The summed E-state index contributed by atoms with van der Waals surface area (Å²) in [6, 6.07) is 0. The van der Waals surface area contributed by atoms with Crippen LogP contribution in [0.4, 0.5) is 0 Å². The first kappa shape index (κ1) is 16.3. The molecule has 0 saturated heterocycles. The Bertz CT molecular complexity index is 415. The number of hydrogen-bond acceptors (Lipinski definition) is 4. The van der Waals surface area contributed by atoms with Crippen molar-refractivity contribution in [3.63, 3.8) is 0 Å². The van der Waals surface area contributed by atoms with Crippen molar-refractivity contribution in [2.45, 2.75) is 63.2 Å². The highest BCUT2D eigenvalue weighted by atomic mass is 32.2. The van der Waals surface area contributed by atoms with Gasteiger partial charge in [-0.1, -0.05) is 25.8 Å². The first-order valence-electron chi connectivity index (χ1n) is 6.99.